The van der Waals surface area contributed by atoms with Crippen LogP contribution in [0.3, 0.4) is 0 Å². The molecule has 2 N–H and O–H groups in total. The molecule has 1 saturated carbocycles. The lowest BCUT2D eigenvalue weighted by molar-refractivity contribution is 0.356. The van der Waals surface area contributed by atoms with Gasteiger partial charge in [0, 0.05) is 17.6 Å². The number of hydrogen-bond donors (Lipinski definition) is 2. The van der Waals surface area contributed by atoms with E-state index in [2.05, 4.69) is 63.6 Å². The van der Waals surface area contributed by atoms with Crippen molar-refractivity contribution in [2.75, 3.05) is 7.05 Å². The molecule has 1 unspecified atom stereocenters. The van der Waals surface area contributed by atoms with Crippen LogP contribution in [0, 0.1) is 0 Å². The fourth-order valence-electron chi connectivity index (χ4n) is 2.97. The van der Waals surface area contributed by atoms with E-state index in [0.29, 0.717) is 0 Å². The Morgan fingerprint density at radius 3 is 2.19 bits per heavy atom. The van der Waals surface area contributed by atoms with Crippen LogP contribution >= 0.6 is 12.6 Å². The molecule has 1 aliphatic heterocycles. The van der Waals surface area contributed by atoms with Crippen molar-refractivity contribution in [2.45, 2.75) is 63.9 Å². The van der Waals surface area contributed by atoms with Gasteiger partial charge < -0.3 is 10.6 Å². The minimum atomic E-state index is 0.00140. The van der Waals surface area contributed by atoms with Gasteiger partial charge in [-0.15, -0.1) is 12.6 Å². The first-order chi connectivity index (χ1) is 12.9. The summed E-state index contributed by atoms with van der Waals surface area (Å²) in [5, 5.41) is 0. The summed E-state index contributed by atoms with van der Waals surface area (Å²) in [6.45, 7) is 6.53. The van der Waals surface area contributed by atoms with Crippen molar-refractivity contribution in [3.8, 4) is 0 Å². The van der Waals surface area contributed by atoms with Gasteiger partial charge in [-0.25, -0.2) is 0 Å². The minimum absolute atomic E-state index is 0.00140. The third kappa shape index (κ3) is 7.08. The lowest BCUT2D eigenvalue weighted by Gasteiger charge is -2.34. The molecule has 146 valence electrons. The number of rotatable bonds is 1. The standard InChI is InChI=1S/C15H22N2.C6H6S.C3H6/c1-10-8-14(17(4)15(16)9-10)13-7-5-6-11(2)12(13)3;7-6-4-2-1-3-5-6;1-2-3-1/h6,8-9,15H,5,7,16H2,1-4H3;1-5,7H;1-3H2. The quantitative estimate of drug-likeness (QED) is 0.562. The Bertz CT molecular complexity index is 736. The molecule has 1 atom stereocenters. The van der Waals surface area contributed by atoms with Crippen LogP contribution in [0.25, 0.3) is 0 Å². The summed E-state index contributed by atoms with van der Waals surface area (Å²) in [5.74, 6) is 0. The van der Waals surface area contributed by atoms with Crippen LogP contribution < -0.4 is 5.73 Å². The number of allylic oxidation sites excluding steroid dienone is 6. The van der Waals surface area contributed by atoms with E-state index >= 15 is 0 Å². The summed E-state index contributed by atoms with van der Waals surface area (Å²) >= 11 is 4.08. The van der Waals surface area contributed by atoms with E-state index in [0.717, 1.165) is 17.7 Å². The first-order valence-corrected chi connectivity index (χ1v) is 10.3. The van der Waals surface area contributed by atoms with Gasteiger partial charge in [0.25, 0.3) is 0 Å². The van der Waals surface area contributed by atoms with Crippen molar-refractivity contribution in [1.82, 2.24) is 4.90 Å². The van der Waals surface area contributed by atoms with Gasteiger partial charge in [0.1, 0.15) is 0 Å². The number of nitrogens with two attached hydrogens (primary N) is 1. The van der Waals surface area contributed by atoms with Crippen molar-refractivity contribution in [1.29, 1.82) is 0 Å². The summed E-state index contributed by atoms with van der Waals surface area (Å²) in [4.78, 5) is 3.19. The van der Waals surface area contributed by atoms with Crippen molar-refractivity contribution in [3.05, 3.63) is 76.5 Å². The molecular weight excluding hydrogens is 348 g/mol. The molecule has 1 fully saturated rings. The molecule has 2 aliphatic carbocycles. The van der Waals surface area contributed by atoms with Crippen LogP contribution in [0.15, 0.2) is 81.4 Å². The summed E-state index contributed by atoms with van der Waals surface area (Å²) in [6.07, 6.45) is 13.4. The molecule has 2 nitrogen and oxygen atoms in total. The fourth-order valence-corrected chi connectivity index (χ4v) is 3.14. The second kappa shape index (κ2) is 10.6. The molecule has 1 heterocycles. The Labute approximate surface area is 170 Å². The van der Waals surface area contributed by atoms with Crippen molar-refractivity contribution in [3.63, 3.8) is 0 Å². The van der Waals surface area contributed by atoms with Crippen LogP contribution in [0.4, 0.5) is 0 Å². The molecule has 3 heteroatoms. The van der Waals surface area contributed by atoms with Crippen LogP contribution in [0.5, 0.6) is 0 Å². The molecule has 0 aromatic heterocycles. The maximum atomic E-state index is 6.12. The highest BCUT2D eigenvalue weighted by molar-refractivity contribution is 7.80. The average Bonchev–Trinajstić information content (AvgIpc) is 3.51. The van der Waals surface area contributed by atoms with Crippen molar-refractivity contribution >= 4 is 12.6 Å². The Hall–Kier alpha value is -1.71. The lowest BCUT2D eigenvalue weighted by Crippen LogP contribution is -2.39. The third-order valence-corrected chi connectivity index (χ3v) is 5.23. The Morgan fingerprint density at radius 1 is 1.04 bits per heavy atom. The highest BCUT2D eigenvalue weighted by Gasteiger charge is 2.21. The summed E-state index contributed by atoms with van der Waals surface area (Å²) in [7, 11) is 2.08. The Morgan fingerprint density at radius 2 is 1.67 bits per heavy atom. The van der Waals surface area contributed by atoms with E-state index in [4.69, 9.17) is 5.73 Å². The molecule has 27 heavy (non-hydrogen) atoms. The number of likely N-dealkylation sites (N-methyl/N-ethyl adjacent to an activating group) is 1. The van der Waals surface area contributed by atoms with Crippen molar-refractivity contribution in [2.24, 2.45) is 5.73 Å². The van der Waals surface area contributed by atoms with E-state index in [1.807, 2.05) is 30.3 Å². The predicted octanol–water partition coefficient (Wildman–Crippen LogP) is 6.25. The molecular formula is C24H34N2S. The SMILES string of the molecule is C1CC1.CC1=CC(N)N(C)C(C2=C(C)C(C)=CCC2)=C1.Sc1ccccc1. The zero-order valence-corrected chi connectivity index (χ0v) is 18.1. The van der Waals surface area contributed by atoms with Gasteiger partial charge in [-0.1, -0.05) is 49.1 Å². The van der Waals surface area contributed by atoms with Crippen molar-refractivity contribution < 1.29 is 0 Å². The monoisotopic (exact) mass is 382 g/mol. The van der Waals surface area contributed by atoms with Gasteiger partial charge in [0.05, 0.1) is 6.17 Å². The van der Waals surface area contributed by atoms with E-state index in [9.17, 15) is 0 Å². The van der Waals surface area contributed by atoms with E-state index in [-0.39, 0.29) is 6.17 Å². The normalized spacial score (nSPS) is 21.0. The first-order valence-electron chi connectivity index (χ1n) is 9.90. The van der Waals surface area contributed by atoms with Crippen LogP contribution in [-0.4, -0.2) is 18.1 Å². The number of benzene rings is 1. The largest absolute Gasteiger partial charge is 0.356 e. The second-order valence-electron chi connectivity index (χ2n) is 7.47. The summed E-state index contributed by atoms with van der Waals surface area (Å²) in [6, 6.07) is 9.79. The number of thiol groups is 1. The molecule has 0 radical (unpaired) electrons. The minimum Gasteiger partial charge on any atom is -0.356 e. The molecule has 0 saturated heterocycles. The van der Waals surface area contributed by atoms with Gasteiger partial charge in [0.2, 0.25) is 0 Å². The maximum Gasteiger partial charge on any atom is 0.0964 e. The van der Waals surface area contributed by atoms with E-state index in [1.54, 1.807) is 0 Å². The number of nitrogens with zero attached hydrogens (tertiary/aromatic N) is 1. The highest BCUT2D eigenvalue weighted by atomic mass is 32.1. The maximum absolute atomic E-state index is 6.12. The molecule has 1 aromatic carbocycles. The Kier molecular flexibility index (Phi) is 8.46. The molecule has 1 aromatic rings. The highest BCUT2D eigenvalue weighted by Crippen LogP contribution is 2.33. The van der Waals surface area contributed by atoms with E-state index in [1.165, 1.54) is 47.3 Å². The fraction of sp³-hybridized carbons (Fsp3) is 0.417. The topological polar surface area (TPSA) is 29.3 Å². The third-order valence-electron chi connectivity index (χ3n) is 4.93. The van der Waals surface area contributed by atoms with Gasteiger partial charge in [-0.05, 0) is 74.6 Å². The molecule has 3 aliphatic rings. The van der Waals surface area contributed by atoms with Gasteiger partial charge >= 0.3 is 0 Å². The predicted molar refractivity (Wildman–Crippen MR) is 121 cm³/mol. The zero-order chi connectivity index (χ0) is 19.8. The van der Waals surface area contributed by atoms with Gasteiger partial charge in [-0.2, -0.15) is 0 Å². The zero-order valence-electron chi connectivity index (χ0n) is 17.2. The summed E-state index contributed by atoms with van der Waals surface area (Å²) in [5.41, 5.74) is 12.9. The number of hydrogen-bond acceptors (Lipinski definition) is 3. The first kappa shape index (κ1) is 21.6. The second-order valence-corrected chi connectivity index (χ2v) is 7.98. The molecule has 4 rings (SSSR count). The van der Waals surface area contributed by atoms with Crippen LogP contribution in [0.2, 0.25) is 0 Å². The molecule has 0 amide bonds. The average molecular weight is 383 g/mol. The lowest BCUT2D eigenvalue weighted by atomic mass is 9.89. The molecule has 0 spiro atoms. The van der Waals surface area contributed by atoms with Gasteiger partial charge in [0.15, 0.2) is 0 Å². The van der Waals surface area contributed by atoms with E-state index < -0.39 is 0 Å². The smallest absolute Gasteiger partial charge is 0.0964 e. The van der Waals surface area contributed by atoms with Gasteiger partial charge in [-0.3, -0.25) is 0 Å². The van der Waals surface area contributed by atoms with Crippen LogP contribution in [-0.2, 0) is 0 Å². The molecule has 0 bridgehead atoms. The Balaban J connectivity index is 0.000000212. The summed E-state index contributed by atoms with van der Waals surface area (Å²) < 4.78 is 0. The van der Waals surface area contributed by atoms with Crippen LogP contribution in [0.1, 0.15) is 52.9 Å².